The first-order valence-corrected chi connectivity index (χ1v) is 11.2. The highest BCUT2D eigenvalue weighted by Gasteiger charge is 2.42. The fourth-order valence-electron chi connectivity index (χ4n) is 5.75. The Morgan fingerprint density at radius 3 is 2.41 bits per heavy atom. The average Bonchev–Trinajstić information content (AvgIpc) is 2.99. The molecular formula is C24H32FN3O. The predicted octanol–water partition coefficient (Wildman–Crippen LogP) is 4.85. The van der Waals surface area contributed by atoms with Gasteiger partial charge in [0.2, 0.25) is 5.91 Å². The van der Waals surface area contributed by atoms with Gasteiger partial charge in [0.15, 0.2) is 0 Å². The maximum absolute atomic E-state index is 13.8. The largest absolute Gasteiger partial charge is 0.308 e. The van der Waals surface area contributed by atoms with Gasteiger partial charge < -0.3 is 9.80 Å². The highest BCUT2D eigenvalue weighted by Crippen LogP contribution is 2.42. The predicted molar refractivity (Wildman–Crippen MR) is 112 cm³/mol. The van der Waals surface area contributed by atoms with E-state index in [9.17, 15) is 9.18 Å². The summed E-state index contributed by atoms with van der Waals surface area (Å²) in [5.74, 6) is 0.778. The molecule has 1 unspecified atom stereocenters. The highest BCUT2D eigenvalue weighted by atomic mass is 19.1. The number of fused-ring (bicyclic) bond motifs is 1. The molecule has 1 aliphatic carbocycles. The standard InChI is InChI=1S/C24H32FN3O/c1-16(2)17-3-6-19(7-4-17)27-13-10-20(11-14-27)28-23-8-5-18(25)15-22(23)21(9-12-26)24(28)29/h5,8,15-17,19-21H,3-4,6-7,9-11,13-14H2,1-2H3. The van der Waals surface area contributed by atoms with E-state index < -0.39 is 5.92 Å². The lowest BCUT2D eigenvalue weighted by molar-refractivity contribution is -0.119. The van der Waals surface area contributed by atoms with Gasteiger partial charge in [0.1, 0.15) is 5.82 Å². The molecule has 0 aromatic heterocycles. The van der Waals surface area contributed by atoms with E-state index in [-0.39, 0.29) is 24.2 Å². The summed E-state index contributed by atoms with van der Waals surface area (Å²) in [6.45, 7) is 6.72. The third-order valence-corrected chi connectivity index (χ3v) is 7.52. The molecule has 1 saturated carbocycles. The normalized spacial score (nSPS) is 28.6. The molecule has 1 saturated heterocycles. The minimum absolute atomic E-state index is 0.0250. The Kier molecular flexibility index (Phi) is 5.92. The molecule has 4 nitrogen and oxygen atoms in total. The van der Waals surface area contributed by atoms with Crippen molar-refractivity contribution in [2.45, 2.75) is 76.8 Å². The van der Waals surface area contributed by atoms with Crippen LogP contribution in [0.3, 0.4) is 0 Å². The van der Waals surface area contributed by atoms with E-state index >= 15 is 0 Å². The Hall–Kier alpha value is -1.93. The number of benzene rings is 1. The van der Waals surface area contributed by atoms with Crippen LogP contribution in [0.15, 0.2) is 18.2 Å². The van der Waals surface area contributed by atoms with E-state index in [1.165, 1.54) is 37.8 Å². The van der Waals surface area contributed by atoms with Crippen molar-refractivity contribution in [3.8, 4) is 6.07 Å². The van der Waals surface area contributed by atoms with Gasteiger partial charge in [-0.25, -0.2) is 4.39 Å². The van der Waals surface area contributed by atoms with Crippen molar-refractivity contribution < 1.29 is 9.18 Å². The van der Waals surface area contributed by atoms with Crippen LogP contribution in [0.4, 0.5) is 10.1 Å². The zero-order valence-corrected chi connectivity index (χ0v) is 17.6. The van der Waals surface area contributed by atoms with Crippen molar-refractivity contribution in [2.75, 3.05) is 18.0 Å². The van der Waals surface area contributed by atoms with Crippen LogP contribution in [0.5, 0.6) is 0 Å². The molecular weight excluding hydrogens is 365 g/mol. The van der Waals surface area contributed by atoms with Gasteiger partial charge >= 0.3 is 0 Å². The quantitative estimate of drug-likeness (QED) is 0.730. The molecule has 1 amide bonds. The van der Waals surface area contributed by atoms with Crippen molar-refractivity contribution in [3.63, 3.8) is 0 Å². The lowest BCUT2D eigenvalue weighted by Gasteiger charge is -2.43. The fraction of sp³-hybridized carbons (Fsp3) is 0.667. The number of carbonyl (C=O) groups excluding carboxylic acids is 1. The van der Waals surface area contributed by atoms with Crippen LogP contribution >= 0.6 is 0 Å². The van der Waals surface area contributed by atoms with Gasteiger partial charge in [-0.1, -0.05) is 13.8 Å². The number of amides is 1. The molecule has 3 aliphatic rings. The molecule has 1 aromatic rings. The smallest absolute Gasteiger partial charge is 0.235 e. The van der Waals surface area contributed by atoms with Crippen LogP contribution in [0.1, 0.15) is 70.3 Å². The lowest BCUT2D eigenvalue weighted by Crippen LogP contribution is -2.50. The summed E-state index contributed by atoms with van der Waals surface area (Å²) in [7, 11) is 0. The summed E-state index contributed by atoms with van der Waals surface area (Å²) < 4.78 is 13.8. The number of likely N-dealkylation sites (tertiary alicyclic amines) is 1. The number of halogens is 1. The molecule has 5 heteroatoms. The Bertz CT molecular complexity index is 786. The molecule has 4 rings (SSSR count). The maximum Gasteiger partial charge on any atom is 0.235 e. The van der Waals surface area contributed by atoms with E-state index in [0.29, 0.717) is 11.6 Å². The van der Waals surface area contributed by atoms with Gasteiger partial charge in [0.25, 0.3) is 0 Å². The van der Waals surface area contributed by atoms with Gasteiger partial charge in [-0.2, -0.15) is 5.26 Å². The van der Waals surface area contributed by atoms with Crippen molar-refractivity contribution >= 4 is 11.6 Å². The molecule has 1 aromatic carbocycles. The van der Waals surface area contributed by atoms with Crippen LogP contribution in [0.25, 0.3) is 0 Å². The Morgan fingerprint density at radius 2 is 1.79 bits per heavy atom. The molecule has 2 aliphatic heterocycles. The van der Waals surface area contributed by atoms with Gasteiger partial charge in [-0.05, 0) is 74.1 Å². The van der Waals surface area contributed by atoms with Crippen molar-refractivity contribution in [1.29, 1.82) is 5.26 Å². The summed E-state index contributed by atoms with van der Waals surface area (Å²) in [5, 5.41) is 9.15. The van der Waals surface area contributed by atoms with Crippen molar-refractivity contribution in [1.82, 2.24) is 4.90 Å². The van der Waals surface area contributed by atoms with E-state index in [4.69, 9.17) is 5.26 Å². The fourth-order valence-corrected chi connectivity index (χ4v) is 5.75. The number of rotatable bonds is 4. The first kappa shape index (κ1) is 20.3. The van der Waals surface area contributed by atoms with Gasteiger partial charge in [0.05, 0.1) is 18.4 Å². The van der Waals surface area contributed by atoms with Gasteiger partial charge in [-0.3, -0.25) is 4.79 Å². The Balaban J connectivity index is 1.41. The number of hydrogen-bond donors (Lipinski definition) is 0. The third kappa shape index (κ3) is 3.92. The molecule has 1 atom stereocenters. The lowest BCUT2D eigenvalue weighted by atomic mass is 9.79. The summed E-state index contributed by atoms with van der Waals surface area (Å²) in [6.07, 6.45) is 7.27. The second-order valence-corrected chi connectivity index (χ2v) is 9.41. The van der Waals surface area contributed by atoms with Crippen molar-refractivity contribution in [2.24, 2.45) is 11.8 Å². The monoisotopic (exact) mass is 397 g/mol. The number of piperidine rings is 1. The topological polar surface area (TPSA) is 47.3 Å². The zero-order chi connectivity index (χ0) is 20.5. The van der Waals surface area contributed by atoms with Gasteiger partial charge in [0, 0.05) is 30.9 Å². The minimum atomic E-state index is -0.518. The maximum atomic E-state index is 13.8. The van der Waals surface area contributed by atoms with Crippen LogP contribution in [-0.2, 0) is 4.79 Å². The van der Waals surface area contributed by atoms with E-state index in [1.54, 1.807) is 6.07 Å². The van der Waals surface area contributed by atoms with Crippen LogP contribution in [0, 0.1) is 29.0 Å². The molecule has 0 radical (unpaired) electrons. The molecule has 0 bridgehead atoms. The number of anilines is 1. The van der Waals surface area contributed by atoms with E-state index in [2.05, 4.69) is 24.8 Å². The molecule has 0 N–H and O–H groups in total. The molecule has 2 heterocycles. The first-order chi connectivity index (χ1) is 14.0. The third-order valence-electron chi connectivity index (χ3n) is 7.52. The Labute approximate surface area is 173 Å². The Morgan fingerprint density at radius 1 is 1.10 bits per heavy atom. The summed E-state index contributed by atoms with van der Waals surface area (Å²) in [6, 6.07) is 7.54. The SMILES string of the molecule is CC(C)C1CCC(N2CCC(N3C(=O)C(CC#N)c4cc(F)ccc43)CC2)CC1. The van der Waals surface area contributed by atoms with Crippen LogP contribution < -0.4 is 4.90 Å². The molecule has 0 spiro atoms. The van der Waals surface area contributed by atoms with Crippen LogP contribution in [-0.4, -0.2) is 36.0 Å². The average molecular weight is 398 g/mol. The summed E-state index contributed by atoms with van der Waals surface area (Å²) >= 11 is 0. The minimum Gasteiger partial charge on any atom is -0.308 e. The highest BCUT2D eigenvalue weighted by molar-refractivity contribution is 6.05. The van der Waals surface area contributed by atoms with Crippen molar-refractivity contribution in [3.05, 3.63) is 29.6 Å². The van der Waals surface area contributed by atoms with Crippen LogP contribution in [0.2, 0.25) is 0 Å². The zero-order valence-electron chi connectivity index (χ0n) is 17.6. The number of nitrogens with zero attached hydrogens (tertiary/aromatic N) is 3. The number of hydrogen-bond acceptors (Lipinski definition) is 3. The molecule has 29 heavy (non-hydrogen) atoms. The van der Waals surface area contributed by atoms with E-state index in [1.807, 2.05) is 4.90 Å². The molecule has 2 fully saturated rings. The number of nitriles is 1. The second kappa shape index (κ2) is 8.44. The number of carbonyl (C=O) groups is 1. The van der Waals surface area contributed by atoms with Gasteiger partial charge in [-0.15, -0.1) is 0 Å². The first-order valence-electron chi connectivity index (χ1n) is 11.2. The van der Waals surface area contributed by atoms with E-state index in [0.717, 1.165) is 43.5 Å². The second-order valence-electron chi connectivity index (χ2n) is 9.41. The molecule has 156 valence electrons. The summed E-state index contributed by atoms with van der Waals surface area (Å²) in [4.78, 5) is 17.6. The summed E-state index contributed by atoms with van der Waals surface area (Å²) in [5.41, 5.74) is 1.50.